The van der Waals surface area contributed by atoms with Crippen LogP contribution in [-0.4, -0.2) is 35.9 Å². The summed E-state index contributed by atoms with van der Waals surface area (Å²) in [5, 5.41) is 23.9. The fourth-order valence-electron chi connectivity index (χ4n) is 2.14. The second-order valence-electron chi connectivity index (χ2n) is 5.31. The van der Waals surface area contributed by atoms with Crippen LogP contribution in [0.1, 0.15) is 18.9 Å². The number of benzene rings is 2. The number of para-hydroxylation sites is 2. The first-order valence-corrected chi connectivity index (χ1v) is 8.04. The molecule has 2 aromatic carbocycles. The first-order chi connectivity index (χ1) is 12.1. The van der Waals surface area contributed by atoms with Gasteiger partial charge in [0.05, 0.1) is 18.1 Å². The van der Waals surface area contributed by atoms with Crippen LogP contribution in [-0.2, 0) is 0 Å². The highest BCUT2D eigenvalue weighted by atomic mass is 16.6. The minimum atomic E-state index is -0.425. The van der Waals surface area contributed by atoms with Gasteiger partial charge in [-0.2, -0.15) is 0 Å². The number of nitro groups is 1. The molecule has 2 rings (SSSR count). The molecule has 7 nitrogen and oxygen atoms in total. The van der Waals surface area contributed by atoms with E-state index in [0.717, 1.165) is 6.42 Å². The Morgan fingerprint density at radius 1 is 1.32 bits per heavy atom. The van der Waals surface area contributed by atoms with E-state index in [1.165, 1.54) is 6.07 Å². The molecule has 0 aliphatic heterocycles. The smallest absolute Gasteiger partial charge is 0.292 e. The predicted molar refractivity (Wildman–Crippen MR) is 97.9 cm³/mol. The lowest BCUT2D eigenvalue weighted by Gasteiger charge is -2.06. The summed E-state index contributed by atoms with van der Waals surface area (Å²) >= 11 is 0. The maximum absolute atomic E-state index is 10.9. The average Bonchev–Trinajstić information content (AvgIpc) is 2.61. The highest BCUT2D eigenvalue weighted by molar-refractivity contribution is 5.83. The van der Waals surface area contributed by atoms with E-state index in [4.69, 9.17) is 4.74 Å². The van der Waals surface area contributed by atoms with E-state index in [1.54, 1.807) is 42.6 Å². The van der Waals surface area contributed by atoms with Crippen molar-refractivity contribution in [1.29, 1.82) is 0 Å². The van der Waals surface area contributed by atoms with Gasteiger partial charge in [0.1, 0.15) is 17.2 Å². The zero-order chi connectivity index (χ0) is 18.1. The summed E-state index contributed by atoms with van der Waals surface area (Å²) in [6.45, 7) is 3.47. The van der Waals surface area contributed by atoms with E-state index in [-0.39, 0.29) is 11.4 Å². The SMILES string of the molecule is CCCOc1ccc(C=NCCNc2ccccc2[N+](=O)[O-])c(O)c1. The summed E-state index contributed by atoms with van der Waals surface area (Å²) in [7, 11) is 0. The van der Waals surface area contributed by atoms with Crippen molar-refractivity contribution in [3.8, 4) is 11.5 Å². The van der Waals surface area contributed by atoms with E-state index in [9.17, 15) is 15.2 Å². The molecule has 0 fully saturated rings. The second kappa shape index (κ2) is 9.27. The van der Waals surface area contributed by atoms with E-state index in [2.05, 4.69) is 10.3 Å². The molecule has 132 valence electrons. The van der Waals surface area contributed by atoms with Crippen molar-refractivity contribution in [3.63, 3.8) is 0 Å². The third-order valence-corrected chi connectivity index (χ3v) is 3.36. The largest absolute Gasteiger partial charge is 0.507 e. The Morgan fingerprint density at radius 3 is 2.84 bits per heavy atom. The van der Waals surface area contributed by atoms with Crippen LogP contribution in [0.3, 0.4) is 0 Å². The summed E-state index contributed by atoms with van der Waals surface area (Å²) < 4.78 is 5.44. The van der Waals surface area contributed by atoms with Gasteiger partial charge in [-0.05, 0) is 24.6 Å². The van der Waals surface area contributed by atoms with Crippen molar-refractivity contribution >= 4 is 17.6 Å². The maximum Gasteiger partial charge on any atom is 0.292 e. The highest BCUT2D eigenvalue weighted by Crippen LogP contribution is 2.23. The molecule has 0 amide bonds. The van der Waals surface area contributed by atoms with Crippen molar-refractivity contribution in [3.05, 3.63) is 58.1 Å². The van der Waals surface area contributed by atoms with E-state index in [1.807, 2.05) is 6.92 Å². The number of hydrogen-bond donors (Lipinski definition) is 2. The molecule has 0 aliphatic rings. The Balaban J connectivity index is 1.87. The molecule has 0 saturated heterocycles. The van der Waals surface area contributed by atoms with Crippen LogP contribution in [0.25, 0.3) is 0 Å². The van der Waals surface area contributed by atoms with E-state index < -0.39 is 4.92 Å². The number of aromatic hydroxyl groups is 1. The van der Waals surface area contributed by atoms with Gasteiger partial charge in [0, 0.05) is 30.5 Å². The average molecular weight is 343 g/mol. The lowest BCUT2D eigenvalue weighted by atomic mass is 10.2. The molecule has 0 spiro atoms. The number of anilines is 1. The predicted octanol–water partition coefficient (Wildman–Crippen LogP) is 3.62. The van der Waals surface area contributed by atoms with Crippen LogP contribution >= 0.6 is 0 Å². The minimum Gasteiger partial charge on any atom is -0.507 e. The van der Waals surface area contributed by atoms with E-state index >= 15 is 0 Å². The van der Waals surface area contributed by atoms with Crippen molar-refractivity contribution in [2.75, 3.05) is 25.0 Å². The van der Waals surface area contributed by atoms with Crippen molar-refractivity contribution in [1.82, 2.24) is 0 Å². The molecule has 0 unspecified atom stereocenters. The van der Waals surface area contributed by atoms with Crippen molar-refractivity contribution in [2.45, 2.75) is 13.3 Å². The Labute approximate surface area is 146 Å². The van der Waals surface area contributed by atoms with Crippen molar-refractivity contribution in [2.24, 2.45) is 4.99 Å². The highest BCUT2D eigenvalue weighted by Gasteiger charge is 2.10. The standard InChI is InChI=1S/C18H21N3O4/c1-2-11-25-15-8-7-14(18(22)12-15)13-19-9-10-20-16-5-3-4-6-17(16)21(23)24/h3-8,12-13,20,22H,2,9-11H2,1H3. The van der Waals surface area contributed by atoms with Gasteiger partial charge in [-0.3, -0.25) is 15.1 Å². The van der Waals surface area contributed by atoms with Crippen LogP contribution in [0.15, 0.2) is 47.5 Å². The monoisotopic (exact) mass is 343 g/mol. The summed E-state index contributed by atoms with van der Waals surface area (Å²) in [6, 6.07) is 11.5. The molecule has 0 radical (unpaired) electrons. The topological polar surface area (TPSA) is 97.0 Å². The Bertz CT molecular complexity index is 747. The lowest BCUT2D eigenvalue weighted by Crippen LogP contribution is -2.07. The van der Waals surface area contributed by atoms with Gasteiger partial charge in [-0.15, -0.1) is 0 Å². The van der Waals surface area contributed by atoms with Gasteiger partial charge in [0.15, 0.2) is 0 Å². The number of nitrogens with one attached hydrogen (secondary N) is 1. The fraction of sp³-hybridized carbons (Fsp3) is 0.278. The van der Waals surface area contributed by atoms with Gasteiger partial charge >= 0.3 is 0 Å². The molecular weight excluding hydrogens is 322 g/mol. The number of aliphatic imine (C=N–C) groups is 1. The molecule has 7 heteroatoms. The van der Waals surface area contributed by atoms with Gasteiger partial charge in [0.25, 0.3) is 5.69 Å². The quantitative estimate of drug-likeness (QED) is 0.314. The first-order valence-electron chi connectivity index (χ1n) is 8.04. The Morgan fingerprint density at radius 2 is 2.12 bits per heavy atom. The molecule has 25 heavy (non-hydrogen) atoms. The number of phenols is 1. The summed E-state index contributed by atoms with van der Waals surface area (Å²) in [6.07, 6.45) is 2.47. The number of rotatable bonds is 9. The molecule has 0 aromatic heterocycles. The molecule has 0 aliphatic carbocycles. The zero-order valence-corrected chi connectivity index (χ0v) is 14.0. The fourth-order valence-corrected chi connectivity index (χ4v) is 2.14. The maximum atomic E-state index is 10.9. The van der Waals surface area contributed by atoms with Gasteiger partial charge in [0.2, 0.25) is 0 Å². The molecular formula is C18H21N3O4. The molecule has 2 N–H and O–H groups in total. The van der Waals surface area contributed by atoms with Crippen LogP contribution in [0, 0.1) is 10.1 Å². The van der Waals surface area contributed by atoms with Gasteiger partial charge in [-0.1, -0.05) is 19.1 Å². The van der Waals surface area contributed by atoms with Crippen LogP contribution in [0.5, 0.6) is 11.5 Å². The third kappa shape index (κ3) is 5.49. The third-order valence-electron chi connectivity index (χ3n) is 3.36. The summed E-state index contributed by atoms with van der Waals surface area (Å²) in [4.78, 5) is 14.7. The number of nitro benzene ring substituents is 1. The van der Waals surface area contributed by atoms with Crippen molar-refractivity contribution < 1.29 is 14.8 Å². The number of ether oxygens (including phenoxy) is 1. The molecule has 2 aromatic rings. The number of phenolic OH excluding ortho intramolecular Hbond substituents is 1. The molecule has 0 bridgehead atoms. The molecule has 0 heterocycles. The number of nitrogens with zero attached hydrogens (tertiary/aromatic N) is 2. The van der Waals surface area contributed by atoms with E-state index in [0.29, 0.717) is 36.7 Å². The Hall–Kier alpha value is -3.09. The molecule has 0 atom stereocenters. The molecule has 0 saturated carbocycles. The van der Waals surface area contributed by atoms with Gasteiger partial charge < -0.3 is 15.2 Å². The second-order valence-corrected chi connectivity index (χ2v) is 5.31. The summed E-state index contributed by atoms with van der Waals surface area (Å²) in [5.41, 5.74) is 1.09. The number of hydrogen-bond acceptors (Lipinski definition) is 6. The normalized spacial score (nSPS) is 10.8. The van der Waals surface area contributed by atoms with Crippen LogP contribution in [0.4, 0.5) is 11.4 Å². The first kappa shape index (κ1) is 18.3. The van der Waals surface area contributed by atoms with Crippen LogP contribution in [0.2, 0.25) is 0 Å². The summed E-state index contributed by atoms with van der Waals surface area (Å²) in [5.74, 6) is 0.721. The zero-order valence-electron chi connectivity index (χ0n) is 14.0. The van der Waals surface area contributed by atoms with Crippen LogP contribution < -0.4 is 10.1 Å². The minimum absolute atomic E-state index is 0.0341. The Kier molecular flexibility index (Phi) is 6.76. The lowest BCUT2D eigenvalue weighted by molar-refractivity contribution is -0.384. The van der Waals surface area contributed by atoms with Gasteiger partial charge in [-0.25, -0.2) is 0 Å².